The Labute approximate surface area is 126 Å². The van der Waals surface area contributed by atoms with Crippen LogP contribution in [0.4, 0.5) is 0 Å². The number of nitrogens with zero attached hydrogens (tertiary/aromatic N) is 1. The van der Waals surface area contributed by atoms with Gasteiger partial charge in [-0.05, 0) is 48.4 Å². The average molecular weight is 327 g/mol. The second kappa shape index (κ2) is 5.35. The number of hydrogen-bond donors (Lipinski definition) is 1. The van der Waals surface area contributed by atoms with Crippen LogP contribution in [0.25, 0.3) is 10.9 Å². The smallest absolute Gasteiger partial charge is 0.0705 e. The molecular weight excluding hydrogens is 312 g/mol. The van der Waals surface area contributed by atoms with Crippen molar-refractivity contribution in [3.8, 4) is 0 Å². The molecule has 3 rings (SSSR count). The van der Waals surface area contributed by atoms with Crippen molar-refractivity contribution in [2.24, 2.45) is 5.73 Å². The molecule has 0 aliphatic heterocycles. The van der Waals surface area contributed by atoms with Crippen molar-refractivity contribution in [2.45, 2.75) is 13.0 Å². The first-order valence-electron chi connectivity index (χ1n) is 6.52. The molecule has 0 bridgehead atoms. The summed E-state index contributed by atoms with van der Waals surface area (Å²) >= 11 is 3.49. The van der Waals surface area contributed by atoms with Crippen molar-refractivity contribution in [3.63, 3.8) is 0 Å². The zero-order valence-electron chi connectivity index (χ0n) is 11.2. The quantitative estimate of drug-likeness (QED) is 0.760. The van der Waals surface area contributed by atoms with Crippen LogP contribution in [0, 0.1) is 6.92 Å². The van der Waals surface area contributed by atoms with E-state index in [4.69, 9.17) is 5.73 Å². The second-order valence-corrected chi connectivity index (χ2v) is 5.85. The van der Waals surface area contributed by atoms with Crippen LogP contribution >= 0.6 is 15.9 Å². The van der Waals surface area contributed by atoms with Crippen molar-refractivity contribution < 1.29 is 0 Å². The molecule has 0 saturated heterocycles. The SMILES string of the molecule is Cc1ccc2cc(C(N)c3cccc(Br)c3)ccc2n1. The fourth-order valence-electron chi connectivity index (χ4n) is 2.33. The summed E-state index contributed by atoms with van der Waals surface area (Å²) in [6.07, 6.45) is 0. The van der Waals surface area contributed by atoms with Gasteiger partial charge in [0.15, 0.2) is 0 Å². The summed E-state index contributed by atoms with van der Waals surface area (Å²) in [6, 6.07) is 18.3. The summed E-state index contributed by atoms with van der Waals surface area (Å²) in [5, 5.41) is 1.12. The zero-order chi connectivity index (χ0) is 14.1. The van der Waals surface area contributed by atoms with E-state index in [0.29, 0.717) is 0 Å². The van der Waals surface area contributed by atoms with Crippen molar-refractivity contribution in [3.05, 3.63) is 75.9 Å². The van der Waals surface area contributed by atoms with E-state index in [-0.39, 0.29) is 6.04 Å². The standard InChI is InChI=1S/C17H15BrN2/c1-11-5-6-12-9-14(7-8-16(12)20-11)17(19)13-3-2-4-15(18)10-13/h2-10,17H,19H2,1H3. The van der Waals surface area contributed by atoms with Gasteiger partial charge in [-0.2, -0.15) is 0 Å². The van der Waals surface area contributed by atoms with Crippen molar-refractivity contribution in [2.75, 3.05) is 0 Å². The summed E-state index contributed by atoms with van der Waals surface area (Å²) in [6.45, 7) is 2.00. The average Bonchev–Trinajstić information content (AvgIpc) is 2.46. The Morgan fingerprint density at radius 3 is 2.60 bits per heavy atom. The van der Waals surface area contributed by atoms with Crippen LogP contribution in [-0.4, -0.2) is 4.98 Å². The van der Waals surface area contributed by atoms with E-state index in [9.17, 15) is 0 Å². The number of pyridine rings is 1. The topological polar surface area (TPSA) is 38.9 Å². The Balaban J connectivity index is 2.03. The molecule has 1 aromatic heterocycles. The molecule has 2 aromatic carbocycles. The first kappa shape index (κ1) is 13.3. The fraction of sp³-hybridized carbons (Fsp3) is 0.118. The van der Waals surface area contributed by atoms with Gasteiger partial charge in [-0.1, -0.05) is 40.2 Å². The molecule has 20 heavy (non-hydrogen) atoms. The van der Waals surface area contributed by atoms with Gasteiger partial charge in [0.05, 0.1) is 11.6 Å². The lowest BCUT2D eigenvalue weighted by atomic mass is 9.98. The van der Waals surface area contributed by atoms with E-state index in [0.717, 1.165) is 32.2 Å². The second-order valence-electron chi connectivity index (χ2n) is 4.94. The van der Waals surface area contributed by atoms with E-state index in [1.165, 1.54) is 0 Å². The molecule has 0 amide bonds. The molecule has 2 nitrogen and oxygen atoms in total. The Morgan fingerprint density at radius 1 is 1.00 bits per heavy atom. The summed E-state index contributed by atoms with van der Waals surface area (Å²) < 4.78 is 1.04. The van der Waals surface area contributed by atoms with Gasteiger partial charge in [0, 0.05) is 15.6 Å². The highest BCUT2D eigenvalue weighted by molar-refractivity contribution is 9.10. The van der Waals surface area contributed by atoms with Crippen LogP contribution in [-0.2, 0) is 0 Å². The third-order valence-corrected chi connectivity index (χ3v) is 3.91. The molecule has 0 fully saturated rings. The van der Waals surface area contributed by atoms with Crippen LogP contribution < -0.4 is 5.73 Å². The number of aromatic nitrogens is 1. The minimum absolute atomic E-state index is 0.127. The molecule has 0 aliphatic rings. The summed E-state index contributed by atoms with van der Waals surface area (Å²) in [7, 11) is 0. The molecular formula is C17H15BrN2. The van der Waals surface area contributed by atoms with E-state index in [2.05, 4.69) is 45.2 Å². The fourth-order valence-corrected chi connectivity index (χ4v) is 2.75. The highest BCUT2D eigenvalue weighted by Gasteiger charge is 2.10. The molecule has 3 heteroatoms. The monoisotopic (exact) mass is 326 g/mol. The molecule has 3 aromatic rings. The van der Waals surface area contributed by atoms with Gasteiger partial charge in [-0.15, -0.1) is 0 Å². The molecule has 0 spiro atoms. The molecule has 100 valence electrons. The van der Waals surface area contributed by atoms with Crippen LogP contribution in [0.3, 0.4) is 0 Å². The van der Waals surface area contributed by atoms with Gasteiger partial charge >= 0.3 is 0 Å². The normalized spacial score (nSPS) is 12.6. The Morgan fingerprint density at radius 2 is 1.80 bits per heavy atom. The van der Waals surface area contributed by atoms with Crippen LogP contribution in [0.15, 0.2) is 59.1 Å². The largest absolute Gasteiger partial charge is 0.320 e. The van der Waals surface area contributed by atoms with Gasteiger partial charge in [0.25, 0.3) is 0 Å². The molecule has 0 aliphatic carbocycles. The van der Waals surface area contributed by atoms with E-state index < -0.39 is 0 Å². The Hall–Kier alpha value is -1.71. The minimum atomic E-state index is -0.127. The molecule has 1 atom stereocenters. The van der Waals surface area contributed by atoms with Crippen LogP contribution in [0.5, 0.6) is 0 Å². The number of hydrogen-bond acceptors (Lipinski definition) is 2. The predicted octanol–water partition coefficient (Wildman–Crippen LogP) is 4.35. The van der Waals surface area contributed by atoms with Gasteiger partial charge < -0.3 is 5.73 Å². The molecule has 0 saturated carbocycles. The number of benzene rings is 2. The maximum absolute atomic E-state index is 6.36. The highest BCUT2D eigenvalue weighted by Crippen LogP contribution is 2.25. The highest BCUT2D eigenvalue weighted by atomic mass is 79.9. The van der Waals surface area contributed by atoms with Gasteiger partial charge in [-0.3, -0.25) is 4.98 Å². The molecule has 0 radical (unpaired) electrons. The first-order valence-corrected chi connectivity index (χ1v) is 7.31. The number of nitrogens with two attached hydrogens (primary N) is 1. The summed E-state index contributed by atoms with van der Waals surface area (Å²) in [5.41, 5.74) is 10.6. The Bertz CT molecular complexity index is 768. The van der Waals surface area contributed by atoms with E-state index in [1.54, 1.807) is 0 Å². The number of fused-ring (bicyclic) bond motifs is 1. The van der Waals surface area contributed by atoms with Crippen LogP contribution in [0.2, 0.25) is 0 Å². The lowest BCUT2D eigenvalue weighted by Gasteiger charge is -2.13. The van der Waals surface area contributed by atoms with Crippen molar-refractivity contribution in [1.29, 1.82) is 0 Å². The lowest BCUT2D eigenvalue weighted by molar-refractivity contribution is 0.872. The number of halogens is 1. The summed E-state index contributed by atoms with van der Waals surface area (Å²) in [5.74, 6) is 0. The summed E-state index contributed by atoms with van der Waals surface area (Å²) in [4.78, 5) is 4.51. The molecule has 2 N–H and O–H groups in total. The van der Waals surface area contributed by atoms with Crippen LogP contribution in [0.1, 0.15) is 22.9 Å². The lowest BCUT2D eigenvalue weighted by Crippen LogP contribution is -2.11. The molecule has 1 unspecified atom stereocenters. The minimum Gasteiger partial charge on any atom is -0.320 e. The number of rotatable bonds is 2. The van der Waals surface area contributed by atoms with Crippen molar-refractivity contribution >= 4 is 26.8 Å². The maximum Gasteiger partial charge on any atom is 0.0705 e. The van der Waals surface area contributed by atoms with E-state index in [1.807, 2.05) is 37.3 Å². The van der Waals surface area contributed by atoms with Crippen molar-refractivity contribution in [1.82, 2.24) is 4.98 Å². The van der Waals surface area contributed by atoms with Gasteiger partial charge in [0.1, 0.15) is 0 Å². The Kier molecular flexibility index (Phi) is 3.55. The van der Waals surface area contributed by atoms with E-state index >= 15 is 0 Å². The van der Waals surface area contributed by atoms with Gasteiger partial charge in [0.2, 0.25) is 0 Å². The zero-order valence-corrected chi connectivity index (χ0v) is 12.8. The third kappa shape index (κ3) is 2.60. The number of aryl methyl sites for hydroxylation is 1. The third-order valence-electron chi connectivity index (χ3n) is 3.42. The first-order chi connectivity index (χ1) is 9.63. The molecule has 1 heterocycles. The predicted molar refractivity (Wildman–Crippen MR) is 86.7 cm³/mol. The van der Waals surface area contributed by atoms with Gasteiger partial charge in [-0.25, -0.2) is 0 Å². The maximum atomic E-state index is 6.36.